The number of hydrogen-bond donors (Lipinski definition) is 0. The smallest absolute Gasteiger partial charge is 0.150 e. The number of hydrogen-bond acceptors (Lipinski definition) is 1. The van der Waals surface area contributed by atoms with E-state index in [9.17, 15) is 4.79 Å². The predicted octanol–water partition coefficient (Wildman–Crippen LogP) is 3.09. The van der Waals surface area contributed by atoms with Gasteiger partial charge < -0.3 is 0 Å². The molecule has 0 atom stereocenters. The fourth-order valence-electron chi connectivity index (χ4n) is 0.886. The Kier molecular flexibility index (Phi) is 5.98. The maximum Gasteiger partial charge on any atom is 0.150 e. The Morgan fingerprint density at radius 3 is 2.50 bits per heavy atom. The first-order valence-electron chi connectivity index (χ1n) is 4.41. The van der Waals surface area contributed by atoms with Crippen molar-refractivity contribution in [3.8, 4) is 0 Å². The number of aryl methyl sites for hydroxylation is 1. The van der Waals surface area contributed by atoms with Gasteiger partial charge in [-0.2, -0.15) is 0 Å². The van der Waals surface area contributed by atoms with Gasteiger partial charge in [-0.1, -0.05) is 39.0 Å². The van der Waals surface area contributed by atoms with Crippen molar-refractivity contribution >= 4 is 6.29 Å². The maximum atomic E-state index is 10.3. The number of carbonyl (C=O) groups is 1. The molecule has 1 rings (SSSR count). The van der Waals surface area contributed by atoms with Crippen molar-refractivity contribution in [1.29, 1.82) is 0 Å². The number of aldehydes is 1. The summed E-state index contributed by atoms with van der Waals surface area (Å²) in [7, 11) is 0. The van der Waals surface area contributed by atoms with Gasteiger partial charge in [-0.05, 0) is 18.1 Å². The predicted molar refractivity (Wildman–Crippen MR) is 52.6 cm³/mol. The van der Waals surface area contributed by atoms with Crippen LogP contribution in [-0.4, -0.2) is 6.29 Å². The Morgan fingerprint density at radius 2 is 2.00 bits per heavy atom. The molecule has 0 saturated carbocycles. The SMILES string of the molecule is CC.CCc1cccc(C=O)c1. The van der Waals surface area contributed by atoms with Gasteiger partial charge in [-0.3, -0.25) is 4.79 Å². The third-order valence-electron chi connectivity index (χ3n) is 1.50. The van der Waals surface area contributed by atoms with Crippen LogP contribution in [0.3, 0.4) is 0 Å². The number of benzene rings is 1. The summed E-state index contributed by atoms with van der Waals surface area (Å²) in [6, 6.07) is 7.65. The zero-order valence-corrected chi connectivity index (χ0v) is 8.00. The molecule has 0 unspecified atom stereocenters. The largest absolute Gasteiger partial charge is 0.298 e. The highest BCUT2D eigenvalue weighted by molar-refractivity contribution is 5.74. The van der Waals surface area contributed by atoms with Gasteiger partial charge in [0.25, 0.3) is 0 Å². The molecule has 0 amide bonds. The summed E-state index contributed by atoms with van der Waals surface area (Å²) >= 11 is 0. The summed E-state index contributed by atoms with van der Waals surface area (Å²) in [4.78, 5) is 10.3. The first-order valence-corrected chi connectivity index (χ1v) is 4.41. The van der Waals surface area contributed by atoms with Crippen molar-refractivity contribution < 1.29 is 4.79 Å². The highest BCUT2D eigenvalue weighted by Crippen LogP contribution is 2.02. The molecule has 0 aromatic heterocycles. The van der Waals surface area contributed by atoms with Crippen LogP contribution in [0.5, 0.6) is 0 Å². The van der Waals surface area contributed by atoms with Crippen LogP contribution >= 0.6 is 0 Å². The van der Waals surface area contributed by atoms with Gasteiger partial charge in [0.2, 0.25) is 0 Å². The molecule has 1 aromatic carbocycles. The molecule has 0 saturated heterocycles. The van der Waals surface area contributed by atoms with Crippen LogP contribution in [0.1, 0.15) is 36.7 Å². The molecular weight excluding hydrogens is 148 g/mol. The van der Waals surface area contributed by atoms with E-state index >= 15 is 0 Å². The van der Waals surface area contributed by atoms with Gasteiger partial charge >= 0.3 is 0 Å². The summed E-state index contributed by atoms with van der Waals surface area (Å²) in [6.45, 7) is 6.07. The summed E-state index contributed by atoms with van der Waals surface area (Å²) in [5.41, 5.74) is 1.98. The highest BCUT2D eigenvalue weighted by Gasteiger charge is 1.89. The first-order chi connectivity index (χ1) is 5.86. The molecule has 1 nitrogen and oxygen atoms in total. The lowest BCUT2D eigenvalue weighted by Gasteiger charge is -1.94. The Balaban J connectivity index is 0.000000561. The molecule has 0 spiro atoms. The summed E-state index contributed by atoms with van der Waals surface area (Å²) in [5.74, 6) is 0. The van der Waals surface area contributed by atoms with E-state index in [1.807, 2.05) is 38.1 Å². The van der Waals surface area contributed by atoms with Crippen molar-refractivity contribution in [3.05, 3.63) is 35.4 Å². The van der Waals surface area contributed by atoms with E-state index in [1.54, 1.807) is 0 Å². The lowest BCUT2D eigenvalue weighted by molar-refractivity contribution is 0.112. The van der Waals surface area contributed by atoms with E-state index in [2.05, 4.69) is 6.92 Å². The second kappa shape index (κ2) is 6.59. The third kappa shape index (κ3) is 3.33. The van der Waals surface area contributed by atoms with E-state index in [1.165, 1.54) is 5.56 Å². The summed E-state index contributed by atoms with van der Waals surface area (Å²) < 4.78 is 0. The molecule has 0 N–H and O–H groups in total. The van der Waals surface area contributed by atoms with E-state index in [0.29, 0.717) is 0 Å². The van der Waals surface area contributed by atoms with E-state index in [4.69, 9.17) is 0 Å². The minimum absolute atomic E-state index is 0.763. The molecular formula is C11H16O. The Morgan fingerprint density at radius 1 is 1.33 bits per heavy atom. The first kappa shape index (κ1) is 10.9. The third-order valence-corrected chi connectivity index (χ3v) is 1.50. The maximum absolute atomic E-state index is 10.3. The molecule has 1 aromatic rings. The molecule has 66 valence electrons. The van der Waals surface area contributed by atoms with Crippen LogP contribution in [0.15, 0.2) is 24.3 Å². The lowest BCUT2D eigenvalue weighted by atomic mass is 10.1. The monoisotopic (exact) mass is 164 g/mol. The van der Waals surface area contributed by atoms with Crippen LogP contribution in [0.4, 0.5) is 0 Å². The fraction of sp³-hybridized carbons (Fsp3) is 0.364. The molecule has 1 heteroatoms. The average Bonchev–Trinajstić information content (AvgIpc) is 2.21. The summed E-state index contributed by atoms with van der Waals surface area (Å²) in [6.07, 6.45) is 1.86. The molecule has 12 heavy (non-hydrogen) atoms. The zero-order chi connectivity index (χ0) is 9.40. The molecule has 0 aliphatic heterocycles. The molecule has 0 bridgehead atoms. The van der Waals surface area contributed by atoms with Gasteiger partial charge in [0, 0.05) is 5.56 Å². The number of carbonyl (C=O) groups excluding carboxylic acids is 1. The van der Waals surface area contributed by atoms with Crippen molar-refractivity contribution in [2.75, 3.05) is 0 Å². The van der Waals surface area contributed by atoms with Crippen molar-refractivity contribution in [1.82, 2.24) is 0 Å². The van der Waals surface area contributed by atoms with Gasteiger partial charge in [-0.25, -0.2) is 0 Å². The van der Waals surface area contributed by atoms with E-state index in [0.717, 1.165) is 18.3 Å². The van der Waals surface area contributed by atoms with Crippen molar-refractivity contribution in [2.24, 2.45) is 0 Å². The zero-order valence-electron chi connectivity index (χ0n) is 8.00. The minimum Gasteiger partial charge on any atom is -0.298 e. The van der Waals surface area contributed by atoms with Gasteiger partial charge in [0.1, 0.15) is 6.29 Å². The fourth-order valence-corrected chi connectivity index (χ4v) is 0.886. The van der Waals surface area contributed by atoms with Crippen LogP contribution in [-0.2, 0) is 6.42 Å². The highest BCUT2D eigenvalue weighted by atomic mass is 16.1. The Hall–Kier alpha value is -1.11. The normalized spacial score (nSPS) is 8.25. The standard InChI is InChI=1S/C9H10O.C2H6/c1-2-8-4-3-5-9(6-8)7-10;1-2/h3-7H,2H2,1H3;1-2H3. The second-order valence-electron chi connectivity index (χ2n) is 2.22. The molecule has 0 fully saturated rings. The average molecular weight is 164 g/mol. The molecule has 0 heterocycles. The van der Waals surface area contributed by atoms with Gasteiger partial charge in [-0.15, -0.1) is 0 Å². The van der Waals surface area contributed by atoms with Crippen LogP contribution in [0.25, 0.3) is 0 Å². The van der Waals surface area contributed by atoms with Crippen LogP contribution < -0.4 is 0 Å². The molecule has 0 aliphatic carbocycles. The summed E-state index contributed by atoms with van der Waals surface area (Å²) in [5, 5.41) is 0. The molecule has 0 aliphatic rings. The number of rotatable bonds is 2. The Labute approximate surface area is 74.4 Å². The Bertz CT molecular complexity index is 228. The van der Waals surface area contributed by atoms with E-state index in [-0.39, 0.29) is 0 Å². The lowest BCUT2D eigenvalue weighted by Crippen LogP contribution is -1.82. The molecule has 0 radical (unpaired) electrons. The topological polar surface area (TPSA) is 17.1 Å². The van der Waals surface area contributed by atoms with Gasteiger partial charge in [0.15, 0.2) is 0 Å². The van der Waals surface area contributed by atoms with Crippen molar-refractivity contribution in [3.63, 3.8) is 0 Å². The van der Waals surface area contributed by atoms with Crippen LogP contribution in [0.2, 0.25) is 0 Å². The van der Waals surface area contributed by atoms with Crippen molar-refractivity contribution in [2.45, 2.75) is 27.2 Å². The van der Waals surface area contributed by atoms with Gasteiger partial charge in [0.05, 0.1) is 0 Å². The minimum atomic E-state index is 0.763. The van der Waals surface area contributed by atoms with E-state index < -0.39 is 0 Å². The van der Waals surface area contributed by atoms with Crippen LogP contribution in [0, 0.1) is 0 Å². The quantitative estimate of drug-likeness (QED) is 0.614. The second-order valence-corrected chi connectivity index (χ2v) is 2.22.